The summed E-state index contributed by atoms with van der Waals surface area (Å²) in [6.07, 6.45) is 2.04. The van der Waals surface area contributed by atoms with Crippen LogP contribution in [-0.2, 0) is 9.59 Å². The first-order valence-corrected chi connectivity index (χ1v) is 6.85. The molecule has 1 aliphatic rings. The number of carbonyl (C=O) groups is 2. The molecule has 2 rings (SSSR count). The molecule has 5 heteroatoms. The van der Waals surface area contributed by atoms with Crippen molar-refractivity contribution in [3.63, 3.8) is 0 Å². The molecule has 0 aliphatic carbocycles. The smallest absolute Gasteiger partial charge is 0.247 e. The largest absolute Gasteiger partial charge is 0.331 e. The van der Waals surface area contributed by atoms with Gasteiger partial charge in [-0.1, -0.05) is 18.5 Å². The number of rotatable bonds is 3. The van der Waals surface area contributed by atoms with Crippen molar-refractivity contribution < 1.29 is 9.59 Å². The number of carbonyl (C=O) groups excluding carboxylic acids is 2. The number of benzene rings is 1. The average Bonchev–Trinajstić information content (AvgIpc) is 2.90. The second kappa shape index (κ2) is 6.06. The number of halogens is 1. The molecule has 1 aromatic carbocycles. The van der Waals surface area contributed by atoms with Crippen LogP contribution in [0.5, 0.6) is 0 Å². The maximum atomic E-state index is 12.2. The van der Waals surface area contributed by atoms with Crippen LogP contribution >= 0.6 is 11.6 Å². The summed E-state index contributed by atoms with van der Waals surface area (Å²) in [5.74, 6) is -0.0876. The Morgan fingerprint density at radius 3 is 2.68 bits per heavy atom. The zero-order chi connectivity index (χ0) is 13.8. The first-order chi connectivity index (χ1) is 9.11. The van der Waals surface area contributed by atoms with Gasteiger partial charge in [0.05, 0.1) is 0 Å². The molecule has 1 aromatic rings. The van der Waals surface area contributed by atoms with Crippen molar-refractivity contribution in [1.29, 1.82) is 0 Å². The molecule has 102 valence electrons. The van der Waals surface area contributed by atoms with Gasteiger partial charge in [0.1, 0.15) is 6.04 Å². The van der Waals surface area contributed by atoms with Gasteiger partial charge < -0.3 is 10.2 Å². The van der Waals surface area contributed by atoms with Crippen LogP contribution in [0.25, 0.3) is 0 Å². The summed E-state index contributed by atoms with van der Waals surface area (Å²) in [6.45, 7) is 2.49. The van der Waals surface area contributed by atoms with E-state index in [0.29, 0.717) is 23.7 Å². The van der Waals surface area contributed by atoms with Gasteiger partial charge in [0, 0.05) is 23.7 Å². The van der Waals surface area contributed by atoms with Crippen LogP contribution in [0.4, 0.5) is 5.69 Å². The number of amides is 2. The van der Waals surface area contributed by atoms with E-state index in [0.717, 1.165) is 12.8 Å². The van der Waals surface area contributed by atoms with E-state index in [2.05, 4.69) is 5.32 Å². The summed E-state index contributed by atoms with van der Waals surface area (Å²) in [7, 11) is 0. The predicted octanol–water partition coefficient (Wildman–Crippen LogP) is 2.68. The third kappa shape index (κ3) is 3.26. The summed E-state index contributed by atoms with van der Waals surface area (Å²) in [5, 5.41) is 3.46. The van der Waals surface area contributed by atoms with Crippen molar-refractivity contribution in [2.75, 3.05) is 11.9 Å². The van der Waals surface area contributed by atoms with Crippen LogP contribution in [0.3, 0.4) is 0 Å². The lowest BCUT2D eigenvalue weighted by molar-refractivity contribution is -0.136. The van der Waals surface area contributed by atoms with Gasteiger partial charge in [-0.25, -0.2) is 0 Å². The molecular weight excluding hydrogens is 264 g/mol. The molecule has 0 radical (unpaired) electrons. The molecule has 1 saturated heterocycles. The molecular formula is C14H17ClN2O2. The lowest BCUT2D eigenvalue weighted by Crippen LogP contribution is -2.42. The maximum Gasteiger partial charge on any atom is 0.247 e. The molecule has 0 unspecified atom stereocenters. The second-order valence-corrected chi connectivity index (χ2v) is 5.03. The highest BCUT2D eigenvalue weighted by Gasteiger charge is 2.33. The summed E-state index contributed by atoms with van der Waals surface area (Å²) in [4.78, 5) is 25.6. The van der Waals surface area contributed by atoms with E-state index in [9.17, 15) is 9.59 Å². The van der Waals surface area contributed by atoms with Gasteiger partial charge in [-0.05, 0) is 37.1 Å². The zero-order valence-electron chi connectivity index (χ0n) is 10.9. The third-order valence-electron chi connectivity index (χ3n) is 3.29. The molecule has 2 amide bonds. The van der Waals surface area contributed by atoms with Gasteiger partial charge in [-0.3, -0.25) is 9.59 Å². The van der Waals surface area contributed by atoms with E-state index in [1.807, 2.05) is 6.92 Å². The van der Waals surface area contributed by atoms with Gasteiger partial charge in [0.25, 0.3) is 0 Å². The molecule has 19 heavy (non-hydrogen) atoms. The molecule has 0 bridgehead atoms. The quantitative estimate of drug-likeness (QED) is 0.925. The fraction of sp³-hybridized carbons (Fsp3) is 0.429. The number of likely N-dealkylation sites (tertiary alicyclic amines) is 1. The highest BCUT2D eigenvalue weighted by Crippen LogP contribution is 2.20. The van der Waals surface area contributed by atoms with Crippen molar-refractivity contribution in [1.82, 2.24) is 4.90 Å². The van der Waals surface area contributed by atoms with E-state index >= 15 is 0 Å². The first kappa shape index (κ1) is 13.9. The minimum absolute atomic E-state index is 0.0359. The predicted molar refractivity (Wildman–Crippen MR) is 75.1 cm³/mol. The van der Waals surface area contributed by atoms with E-state index in [-0.39, 0.29) is 17.9 Å². The lowest BCUT2D eigenvalue weighted by atomic mass is 10.2. The van der Waals surface area contributed by atoms with Gasteiger partial charge in [0.2, 0.25) is 11.8 Å². The van der Waals surface area contributed by atoms with Crippen LogP contribution in [0.2, 0.25) is 5.02 Å². The van der Waals surface area contributed by atoms with E-state index in [1.165, 1.54) is 0 Å². The highest BCUT2D eigenvalue weighted by atomic mass is 35.5. The first-order valence-electron chi connectivity index (χ1n) is 6.47. The average molecular weight is 281 g/mol. The van der Waals surface area contributed by atoms with Crippen LogP contribution in [0, 0.1) is 0 Å². The molecule has 4 nitrogen and oxygen atoms in total. The monoisotopic (exact) mass is 280 g/mol. The third-order valence-corrected chi connectivity index (χ3v) is 3.54. The second-order valence-electron chi connectivity index (χ2n) is 4.59. The Hall–Kier alpha value is -1.55. The minimum atomic E-state index is -0.344. The van der Waals surface area contributed by atoms with Crippen molar-refractivity contribution in [2.45, 2.75) is 32.2 Å². The Morgan fingerprint density at radius 1 is 1.37 bits per heavy atom. The number of nitrogens with one attached hydrogen (secondary N) is 1. The molecule has 1 aliphatic heterocycles. The fourth-order valence-corrected chi connectivity index (χ4v) is 2.43. The summed E-state index contributed by atoms with van der Waals surface area (Å²) < 4.78 is 0. The van der Waals surface area contributed by atoms with Crippen LogP contribution in [0.1, 0.15) is 26.2 Å². The normalized spacial score (nSPS) is 18.4. The highest BCUT2D eigenvalue weighted by molar-refractivity contribution is 6.30. The zero-order valence-corrected chi connectivity index (χ0v) is 11.6. The van der Waals surface area contributed by atoms with Crippen molar-refractivity contribution in [3.8, 4) is 0 Å². The summed E-state index contributed by atoms with van der Waals surface area (Å²) >= 11 is 5.79. The molecule has 0 aromatic heterocycles. The van der Waals surface area contributed by atoms with Crippen LogP contribution in [-0.4, -0.2) is 29.3 Å². The standard InChI is InChI=1S/C14H17ClN2O2/c1-2-13(18)17-9-3-4-12(17)14(19)16-11-7-5-10(15)6-8-11/h5-8,12H,2-4,9H2,1H3,(H,16,19)/t12-/m0/s1. The Morgan fingerprint density at radius 2 is 2.05 bits per heavy atom. The molecule has 1 heterocycles. The number of anilines is 1. The SMILES string of the molecule is CCC(=O)N1CCC[C@H]1C(=O)Nc1ccc(Cl)cc1. The Kier molecular flexibility index (Phi) is 4.43. The van der Waals surface area contributed by atoms with Gasteiger partial charge in [-0.15, -0.1) is 0 Å². The van der Waals surface area contributed by atoms with E-state index in [1.54, 1.807) is 29.2 Å². The fourth-order valence-electron chi connectivity index (χ4n) is 2.30. The summed E-state index contributed by atoms with van der Waals surface area (Å²) in [5.41, 5.74) is 0.699. The van der Waals surface area contributed by atoms with Crippen molar-refractivity contribution >= 4 is 29.1 Å². The van der Waals surface area contributed by atoms with Gasteiger partial charge in [-0.2, -0.15) is 0 Å². The van der Waals surface area contributed by atoms with Crippen LogP contribution < -0.4 is 5.32 Å². The molecule has 1 atom stereocenters. The Bertz CT molecular complexity index is 473. The minimum Gasteiger partial charge on any atom is -0.331 e. The molecule has 1 fully saturated rings. The van der Waals surface area contributed by atoms with Gasteiger partial charge in [0.15, 0.2) is 0 Å². The Balaban J connectivity index is 2.03. The number of hydrogen-bond donors (Lipinski definition) is 1. The number of nitrogens with zero attached hydrogens (tertiary/aromatic N) is 1. The molecule has 1 N–H and O–H groups in total. The topological polar surface area (TPSA) is 49.4 Å². The summed E-state index contributed by atoms with van der Waals surface area (Å²) in [6, 6.07) is 6.60. The van der Waals surface area contributed by atoms with E-state index < -0.39 is 0 Å². The molecule has 0 spiro atoms. The van der Waals surface area contributed by atoms with Crippen molar-refractivity contribution in [3.05, 3.63) is 29.3 Å². The molecule has 0 saturated carbocycles. The maximum absolute atomic E-state index is 12.2. The Labute approximate surface area is 117 Å². The number of hydrogen-bond acceptors (Lipinski definition) is 2. The van der Waals surface area contributed by atoms with Crippen molar-refractivity contribution in [2.24, 2.45) is 0 Å². The van der Waals surface area contributed by atoms with Crippen LogP contribution in [0.15, 0.2) is 24.3 Å². The van der Waals surface area contributed by atoms with E-state index in [4.69, 9.17) is 11.6 Å². The lowest BCUT2D eigenvalue weighted by Gasteiger charge is -2.23. The van der Waals surface area contributed by atoms with Gasteiger partial charge >= 0.3 is 0 Å².